The maximum absolute atomic E-state index is 12.6. The third-order valence-electron chi connectivity index (χ3n) is 3.38. The summed E-state index contributed by atoms with van der Waals surface area (Å²) >= 11 is 0. The number of nitriles is 1. The van der Waals surface area contributed by atoms with Gasteiger partial charge in [0.1, 0.15) is 5.82 Å². The van der Waals surface area contributed by atoms with E-state index < -0.39 is 0 Å². The number of aromatic nitrogens is 1. The highest BCUT2D eigenvalue weighted by molar-refractivity contribution is 6.09. The molecule has 108 valence electrons. The average Bonchev–Trinajstić information content (AvgIpc) is 2.52. The smallest absolute Gasteiger partial charge is 0.255 e. The van der Waals surface area contributed by atoms with E-state index in [4.69, 9.17) is 5.26 Å². The lowest BCUT2D eigenvalue weighted by atomic mass is 10.1. The number of nitrogens with one attached hydrogen (secondary N) is 1. The Morgan fingerprint density at radius 1 is 1.43 bits per heavy atom. The van der Waals surface area contributed by atoms with Gasteiger partial charge in [-0.2, -0.15) is 5.26 Å². The van der Waals surface area contributed by atoms with Crippen molar-refractivity contribution in [3.63, 3.8) is 0 Å². The first kappa shape index (κ1) is 14.8. The Kier molecular flexibility index (Phi) is 4.39. The lowest BCUT2D eigenvalue weighted by Crippen LogP contribution is -2.31. The van der Waals surface area contributed by atoms with Crippen LogP contribution >= 0.6 is 0 Å². The minimum atomic E-state index is -0.199. The van der Waals surface area contributed by atoms with E-state index in [1.54, 1.807) is 32.1 Å². The lowest BCUT2D eigenvalue weighted by molar-refractivity contribution is 0.0786. The number of benzene rings is 1. The fraction of sp³-hybridized carbons (Fsp3) is 0.312. The Labute approximate surface area is 124 Å². The number of pyridine rings is 1. The number of hydrogen-bond donors (Lipinski definition) is 1. The summed E-state index contributed by atoms with van der Waals surface area (Å²) in [5.41, 5.74) is 0.553. The van der Waals surface area contributed by atoms with Crippen molar-refractivity contribution in [1.82, 2.24) is 9.88 Å². The highest BCUT2D eigenvalue weighted by Gasteiger charge is 2.18. The topological polar surface area (TPSA) is 69.0 Å². The summed E-state index contributed by atoms with van der Waals surface area (Å²) in [5.74, 6) is 0.424. The fourth-order valence-electron chi connectivity index (χ4n) is 2.30. The molecule has 0 saturated heterocycles. The van der Waals surface area contributed by atoms with E-state index in [1.807, 2.05) is 24.3 Å². The fourth-order valence-corrected chi connectivity index (χ4v) is 2.30. The van der Waals surface area contributed by atoms with Crippen LogP contribution in [0.5, 0.6) is 0 Å². The largest absolute Gasteiger partial charge is 0.373 e. The van der Waals surface area contributed by atoms with Crippen LogP contribution in [0.15, 0.2) is 30.5 Å². The predicted molar refractivity (Wildman–Crippen MR) is 83.0 cm³/mol. The van der Waals surface area contributed by atoms with Gasteiger partial charge in [0.25, 0.3) is 5.91 Å². The molecule has 1 heterocycles. The number of carbonyl (C=O) groups is 1. The van der Waals surface area contributed by atoms with Gasteiger partial charge in [-0.25, -0.2) is 4.98 Å². The summed E-state index contributed by atoms with van der Waals surface area (Å²) in [6, 6.07) is 9.80. The molecule has 5 heteroatoms. The molecule has 1 aromatic carbocycles. The Morgan fingerprint density at radius 3 is 2.71 bits per heavy atom. The molecule has 0 saturated carbocycles. The van der Waals surface area contributed by atoms with Crippen LogP contribution in [0.4, 0.5) is 5.82 Å². The maximum atomic E-state index is 12.6. The zero-order chi connectivity index (χ0) is 15.4. The number of anilines is 1. The molecule has 1 unspecified atom stereocenters. The Hall–Kier alpha value is -2.61. The monoisotopic (exact) mass is 282 g/mol. The van der Waals surface area contributed by atoms with Gasteiger partial charge in [0, 0.05) is 32.2 Å². The van der Waals surface area contributed by atoms with Crippen molar-refractivity contribution < 1.29 is 4.79 Å². The molecule has 0 aliphatic carbocycles. The van der Waals surface area contributed by atoms with Gasteiger partial charge in [-0.15, -0.1) is 0 Å². The highest BCUT2D eigenvalue weighted by atomic mass is 16.2. The molecule has 0 fully saturated rings. The molecule has 0 aliphatic rings. The molecule has 1 N–H and O–H groups in total. The molecule has 21 heavy (non-hydrogen) atoms. The van der Waals surface area contributed by atoms with Crippen molar-refractivity contribution in [1.29, 1.82) is 5.26 Å². The van der Waals surface area contributed by atoms with Crippen LogP contribution in [-0.4, -0.2) is 36.4 Å². The second kappa shape index (κ2) is 6.23. The van der Waals surface area contributed by atoms with Gasteiger partial charge in [0.2, 0.25) is 0 Å². The molecular formula is C16H18N4O. The molecule has 2 rings (SSSR count). The first-order valence-corrected chi connectivity index (χ1v) is 6.79. The molecule has 0 radical (unpaired) electrons. The third-order valence-corrected chi connectivity index (χ3v) is 3.38. The van der Waals surface area contributed by atoms with Crippen LogP contribution in [0, 0.1) is 17.2 Å². The van der Waals surface area contributed by atoms with Gasteiger partial charge in [0.05, 0.1) is 17.6 Å². The molecule has 0 bridgehead atoms. The summed E-state index contributed by atoms with van der Waals surface area (Å²) in [6.07, 6.45) is 1.59. The van der Waals surface area contributed by atoms with Gasteiger partial charge in [-0.3, -0.25) is 4.79 Å². The Balaban J connectivity index is 2.43. The van der Waals surface area contributed by atoms with Crippen molar-refractivity contribution >= 4 is 22.5 Å². The van der Waals surface area contributed by atoms with Crippen molar-refractivity contribution in [3.8, 4) is 6.07 Å². The van der Waals surface area contributed by atoms with Crippen LogP contribution in [0.1, 0.15) is 17.3 Å². The lowest BCUT2D eigenvalue weighted by Gasteiger charge is -2.19. The summed E-state index contributed by atoms with van der Waals surface area (Å²) in [5, 5.41) is 13.7. The highest BCUT2D eigenvalue weighted by Crippen LogP contribution is 2.25. The van der Waals surface area contributed by atoms with Crippen molar-refractivity contribution in [2.75, 3.05) is 26.0 Å². The minimum absolute atomic E-state index is 0.122. The summed E-state index contributed by atoms with van der Waals surface area (Å²) in [6.45, 7) is 2.20. The standard InChI is InChI=1S/C16H18N4O/c1-11(8-17)10-20(3)16(21)14-9-19-15(18-2)13-7-5-4-6-12(13)14/h4-7,9,11H,10H2,1-3H3,(H,18,19). The van der Waals surface area contributed by atoms with E-state index in [0.717, 1.165) is 16.6 Å². The molecule has 5 nitrogen and oxygen atoms in total. The van der Waals surface area contributed by atoms with Crippen LogP contribution < -0.4 is 5.32 Å². The number of hydrogen-bond acceptors (Lipinski definition) is 4. The first-order valence-electron chi connectivity index (χ1n) is 6.79. The van der Waals surface area contributed by atoms with Crippen LogP contribution in [-0.2, 0) is 0 Å². The minimum Gasteiger partial charge on any atom is -0.373 e. The maximum Gasteiger partial charge on any atom is 0.255 e. The first-order chi connectivity index (χ1) is 10.1. The summed E-state index contributed by atoms with van der Waals surface area (Å²) < 4.78 is 0. The molecule has 2 aromatic rings. The molecule has 0 spiro atoms. The number of rotatable bonds is 4. The van der Waals surface area contributed by atoms with E-state index in [1.165, 1.54) is 0 Å². The van der Waals surface area contributed by atoms with E-state index in [2.05, 4.69) is 16.4 Å². The van der Waals surface area contributed by atoms with Crippen molar-refractivity contribution in [2.24, 2.45) is 5.92 Å². The molecular weight excluding hydrogens is 264 g/mol. The van der Waals surface area contributed by atoms with Gasteiger partial charge in [0.15, 0.2) is 0 Å². The van der Waals surface area contributed by atoms with E-state index in [-0.39, 0.29) is 11.8 Å². The number of nitrogens with zero attached hydrogens (tertiary/aromatic N) is 3. The van der Waals surface area contributed by atoms with Gasteiger partial charge >= 0.3 is 0 Å². The number of fused-ring (bicyclic) bond motifs is 1. The van der Waals surface area contributed by atoms with Crippen LogP contribution in [0.25, 0.3) is 10.8 Å². The zero-order valence-electron chi connectivity index (χ0n) is 12.4. The Bertz CT molecular complexity index is 705. The summed E-state index contributed by atoms with van der Waals surface area (Å²) in [4.78, 5) is 18.4. The van der Waals surface area contributed by atoms with E-state index >= 15 is 0 Å². The molecule has 1 atom stereocenters. The average molecular weight is 282 g/mol. The third kappa shape index (κ3) is 2.95. The SMILES string of the molecule is CNc1ncc(C(=O)N(C)CC(C)C#N)c2ccccc12. The normalized spacial score (nSPS) is 11.7. The van der Waals surface area contributed by atoms with Gasteiger partial charge in [-0.05, 0) is 12.3 Å². The second-order valence-electron chi connectivity index (χ2n) is 5.03. The second-order valence-corrected chi connectivity index (χ2v) is 5.03. The van der Waals surface area contributed by atoms with Gasteiger partial charge in [-0.1, -0.05) is 24.3 Å². The van der Waals surface area contributed by atoms with E-state index in [9.17, 15) is 4.79 Å². The van der Waals surface area contributed by atoms with Crippen LogP contribution in [0.2, 0.25) is 0 Å². The van der Waals surface area contributed by atoms with E-state index in [0.29, 0.717) is 12.1 Å². The van der Waals surface area contributed by atoms with Crippen molar-refractivity contribution in [2.45, 2.75) is 6.92 Å². The summed E-state index contributed by atoms with van der Waals surface area (Å²) in [7, 11) is 3.51. The number of carbonyl (C=O) groups excluding carboxylic acids is 1. The Morgan fingerprint density at radius 2 is 2.10 bits per heavy atom. The molecule has 0 aliphatic heterocycles. The number of amides is 1. The molecule has 1 amide bonds. The van der Waals surface area contributed by atoms with Crippen LogP contribution in [0.3, 0.4) is 0 Å². The molecule has 1 aromatic heterocycles. The quantitative estimate of drug-likeness (QED) is 0.935. The van der Waals surface area contributed by atoms with Gasteiger partial charge < -0.3 is 10.2 Å². The predicted octanol–water partition coefficient (Wildman–Crippen LogP) is 2.51. The zero-order valence-corrected chi connectivity index (χ0v) is 12.4. The van der Waals surface area contributed by atoms with Crippen molar-refractivity contribution in [3.05, 3.63) is 36.0 Å².